The number of nitrogens with zero attached hydrogens (tertiary/aromatic N) is 2. The number of ether oxygens (including phenoxy) is 1. The standard InChI is InChI=1S/C18H27N3O3S/c1-11-7-17(20-13(3)12(11)2)21-9-15-14(8-19-25(4,22)23)16-5-6-18(15,10-21)24-16/h7,14-16,19H,5-6,8-10H2,1-4H3/t14-,15+,16+,18+/m0/s1. The topological polar surface area (TPSA) is 71.5 Å². The molecule has 1 N–H and O–H groups in total. The number of hydrogen-bond donors (Lipinski definition) is 1. The molecule has 3 saturated heterocycles. The van der Waals surface area contributed by atoms with Gasteiger partial charge in [-0.2, -0.15) is 0 Å². The molecule has 25 heavy (non-hydrogen) atoms. The number of pyridine rings is 1. The number of anilines is 1. The number of rotatable bonds is 4. The summed E-state index contributed by atoms with van der Waals surface area (Å²) in [4.78, 5) is 7.12. The van der Waals surface area contributed by atoms with Crippen molar-refractivity contribution in [2.45, 2.75) is 45.3 Å². The smallest absolute Gasteiger partial charge is 0.208 e. The first-order valence-corrected chi connectivity index (χ1v) is 10.9. The zero-order valence-electron chi connectivity index (χ0n) is 15.4. The Balaban J connectivity index is 1.57. The van der Waals surface area contributed by atoms with Gasteiger partial charge >= 0.3 is 0 Å². The van der Waals surface area contributed by atoms with Gasteiger partial charge in [0.15, 0.2) is 0 Å². The Kier molecular flexibility index (Phi) is 3.90. The molecule has 6 nitrogen and oxygen atoms in total. The number of nitrogens with one attached hydrogen (secondary N) is 1. The molecule has 0 radical (unpaired) electrons. The van der Waals surface area contributed by atoms with Crippen molar-refractivity contribution in [3.05, 3.63) is 22.9 Å². The van der Waals surface area contributed by atoms with E-state index in [1.807, 2.05) is 0 Å². The van der Waals surface area contributed by atoms with Crippen molar-refractivity contribution in [2.75, 3.05) is 30.8 Å². The summed E-state index contributed by atoms with van der Waals surface area (Å²) in [6, 6.07) is 2.16. The van der Waals surface area contributed by atoms with E-state index >= 15 is 0 Å². The molecule has 1 spiro atoms. The van der Waals surface area contributed by atoms with Crippen LogP contribution < -0.4 is 9.62 Å². The molecule has 3 aliphatic rings. The Morgan fingerprint density at radius 2 is 2.16 bits per heavy atom. The molecule has 0 amide bonds. The van der Waals surface area contributed by atoms with E-state index in [0.717, 1.165) is 37.4 Å². The highest BCUT2D eigenvalue weighted by molar-refractivity contribution is 7.88. The zero-order chi connectivity index (χ0) is 18.0. The molecule has 7 heteroatoms. The van der Waals surface area contributed by atoms with Crippen LogP contribution in [0.4, 0.5) is 5.82 Å². The molecule has 0 aliphatic carbocycles. The van der Waals surface area contributed by atoms with E-state index in [4.69, 9.17) is 9.72 Å². The van der Waals surface area contributed by atoms with Crippen LogP contribution in [0.2, 0.25) is 0 Å². The van der Waals surface area contributed by atoms with Gasteiger partial charge in [-0.15, -0.1) is 0 Å². The summed E-state index contributed by atoms with van der Waals surface area (Å²) in [5, 5.41) is 0. The quantitative estimate of drug-likeness (QED) is 0.876. The van der Waals surface area contributed by atoms with Crippen LogP contribution in [0.25, 0.3) is 0 Å². The van der Waals surface area contributed by atoms with Crippen LogP contribution in [0.3, 0.4) is 0 Å². The lowest BCUT2D eigenvalue weighted by Gasteiger charge is -2.29. The van der Waals surface area contributed by atoms with Crippen LogP contribution in [-0.2, 0) is 14.8 Å². The van der Waals surface area contributed by atoms with Crippen molar-refractivity contribution in [1.82, 2.24) is 9.71 Å². The summed E-state index contributed by atoms with van der Waals surface area (Å²) in [5.74, 6) is 1.64. The van der Waals surface area contributed by atoms with Crippen molar-refractivity contribution in [2.24, 2.45) is 11.8 Å². The Hall–Kier alpha value is -1.18. The first-order valence-electron chi connectivity index (χ1n) is 9.01. The average Bonchev–Trinajstić information content (AvgIpc) is 3.17. The third kappa shape index (κ3) is 2.86. The Bertz CT molecular complexity index is 787. The van der Waals surface area contributed by atoms with E-state index in [1.54, 1.807) is 0 Å². The van der Waals surface area contributed by atoms with Crippen molar-refractivity contribution < 1.29 is 13.2 Å². The average molecular weight is 365 g/mol. The second-order valence-corrected chi connectivity index (χ2v) is 9.87. The largest absolute Gasteiger partial charge is 0.369 e. The minimum Gasteiger partial charge on any atom is -0.369 e. The number of hydrogen-bond acceptors (Lipinski definition) is 5. The number of aromatic nitrogens is 1. The van der Waals surface area contributed by atoms with Crippen molar-refractivity contribution >= 4 is 15.8 Å². The van der Waals surface area contributed by atoms with E-state index < -0.39 is 10.0 Å². The lowest BCUT2D eigenvalue weighted by molar-refractivity contribution is 0.0142. The van der Waals surface area contributed by atoms with Crippen LogP contribution in [0, 0.1) is 32.6 Å². The Morgan fingerprint density at radius 3 is 2.84 bits per heavy atom. The molecule has 4 atom stereocenters. The first kappa shape index (κ1) is 17.2. The molecule has 0 aromatic carbocycles. The fourth-order valence-electron chi connectivity index (χ4n) is 4.92. The fraction of sp³-hybridized carbons (Fsp3) is 0.722. The molecule has 1 aromatic rings. The van der Waals surface area contributed by atoms with E-state index in [2.05, 4.69) is 36.5 Å². The van der Waals surface area contributed by atoms with Crippen LogP contribution in [0.5, 0.6) is 0 Å². The van der Waals surface area contributed by atoms with Gasteiger partial charge in [-0.05, 0) is 50.8 Å². The molecular weight excluding hydrogens is 338 g/mol. The molecule has 4 rings (SSSR count). The minimum absolute atomic E-state index is 0.122. The highest BCUT2D eigenvalue weighted by atomic mass is 32.2. The van der Waals surface area contributed by atoms with Gasteiger partial charge in [-0.25, -0.2) is 18.1 Å². The Labute approximate surface area is 150 Å². The fourth-order valence-corrected chi connectivity index (χ4v) is 5.42. The van der Waals surface area contributed by atoms with Crippen LogP contribution in [0.1, 0.15) is 29.7 Å². The first-order chi connectivity index (χ1) is 11.7. The van der Waals surface area contributed by atoms with Crippen molar-refractivity contribution in [1.29, 1.82) is 0 Å². The van der Waals surface area contributed by atoms with E-state index in [-0.39, 0.29) is 17.6 Å². The zero-order valence-corrected chi connectivity index (χ0v) is 16.2. The second-order valence-electron chi connectivity index (χ2n) is 8.04. The SMILES string of the molecule is Cc1cc(N2C[C@@H]3[C@H](CNS(C)(=O)=O)[C@H]4CC[C@]3(C2)O4)nc(C)c1C. The van der Waals surface area contributed by atoms with Gasteiger partial charge in [0.05, 0.1) is 18.0 Å². The highest BCUT2D eigenvalue weighted by Crippen LogP contribution is 2.55. The maximum absolute atomic E-state index is 11.5. The van der Waals surface area contributed by atoms with Gasteiger partial charge in [0.1, 0.15) is 5.82 Å². The summed E-state index contributed by atoms with van der Waals surface area (Å²) >= 11 is 0. The predicted octanol–water partition coefficient (Wildman–Crippen LogP) is 1.54. The van der Waals surface area contributed by atoms with Crippen LogP contribution in [0.15, 0.2) is 6.07 Å². The van der Waals surface area contributed by atoms with Crippen molar-refractivity contribution in [3.8, 4) is 0 Å². The summed E-state index contributed by atoms with van der Waals surface area (Å²) in [5.41, 5.74) is 3.46. The van der Waals surface area contributed by atoms with E-state index in [1.165, 1.54) is 17.4 Å². The van der Waals surface area contributed by atoms with Gasteiger partial charge in [0.2, 0.25) is 10.0 Å². The Morgan fingerprint density at radius 1 is 1.40 bits per heavy atom. The number of sulfonamides is 1. The lowest BCUT2D eigenvalue weighted by atomic mass is 9.74. The molecule has 4 heterocycles. The molecule has 0 saturated carbocycles. The number of aryl methyl sites for hydroxylation is 2. The molecular formula is C18H27N3O3S. The molecule has 138 valence electrons. The molecule has 3 fully saturated rings. The second kappa shape index (κ2) is 5.66. The maximum atomic E-state index is 11.5. The summed E-state index contributed by atoms with van der Waals surface area (Å²) < 4.78 is 32.1. The molecule has 1 aromatic heterocycles. The van der Waals surface area contributed by atoms with E-state index in [0.29, 0.717) is 12.5 Å². The summed E-state index contributed by atoms with van der Waals surface area (Å²) in [6.45, 7) is 8.52. The monoisotopic (exact) mass is 365 g/mol. The minimum atomic E-state index is -3.17. The summed E-state index contributed by atoms with van der Waals surface area (Å²) in [6.07, 6.45) is 3.51. The maximum Gasteiger partial charge on any atom is 0.208 e. The van der Waals surface area contributed by atoms with Gasteiger partial charge in [-0.3, -0.25) is 0 Å². The van der Waals surface area contributed by atoms with Crippen LogP contribution >= 0.6 is 0 Å². The van der Waals surface area contributed by atoms with Gasteiger partial charge in [0.25, 0.3) is 0 Å². The van der Waals surface area contributed by atoms with Gasteiger partial charge in [0, 0.05) is 37.2 Å². The lowest BCUT2D eigenvalue weighted by Crippen LogP contribution is -2.41. The van der Waals surface area contributed by atoms with Gasteiger partial charge < -0.3 is 9.64 Å². The summed E-state index contributed by atoms with van der Waals surface area (Å²) in [7, 11) is -3.17. The number of fused-ring (bicyclic) bond motifs is 1. The predicted molar refractivity (Wildman–Crippen MR) is 97.3 cm³/mol. The molecule has 0 unspecified atom stereocenters. The molecule has 3 aliphatic heterocycles. The third-order valence-corrected chi connectivity index (χ3v) is 7.14. The van der Waals surface area contributed by atoms with Crippen LogP contribution in [-0.4, -0.2) is 51.0 Å². The van der Waals surface area contributed by atoms with E-state index in [9.17, 15) is 8.42 Å². The normalized spacial score (nSPS) is 33.9. The molecule has 2 bridgehead atoms. The third-order valence-electron chi connectivity index (χ3n) is 6.45. The highest BCUT2D eigenvalue weighted by Gasteiger charge is 2.63. The van der Waals surface area contributed by atoms with Gasteiger partial charge in [-0.1, -0.05) is 0 Å². The van der Waals surface area contributed by atoms with Crippen molar-refractivity contribution in [3.63, 3.8) is 0 Å².